The molecule has 0 radical (unpaired) electrons. The molecular formula is C14H20N6O2. The maximum absolute atomic E-state index is 12.6. The van der Waals surface area contributed by atoms with Crippen molar-refractivity contribution in [3.05, 3.63) is 29.1 Å². The highest BCUT2D eigenvalue weighted by Gasteiger charge is 2.29. The zero-order valence-corrected chi connectivity index (χ0v) is 13.0. The summed E-state index contributed by atoms with van der Waals surface area (Å²) in [6, 6.07) is 0. The Bertz CT molecular complexity index is 677. The van der Waals surface area contributed by atoms with Gasteiger partial charge in [0, 0.05) is 26.2 Å². The number of aromatic amines is 1. The van der Waals surface area contributed by atoms with E-state index in [4.69, 9.17) is 4.74 Å². The van der Waals surface area contributed by atoms with E-state index in [1.807, 2.05) is 20.9 Å². The van der Waals surface area contributed by atoms with Gasteiger partial charge in [-0.05, 0) is 6.92 Å². The van der Waals surface area contributed by atoms with Crippen LogP contribution in [0.15, 0.2) is 6.20 Å². The van der Waals surface area contributed by atoms with Crippen molar-refractivity contribution in [3.8, 4) is 0 Å². The molecule has 0 saturated carbocycles. The van der Waals surface area contributed by atoms with Gasteiger partial charge in [0.05, 0.1) is 24.4 Å². The van der Waals surface area contributed by atoms with Gasteiger partial charge in [0.2, 0.25) is 0 Å². The fourth-order valence-electron chi connectivity index (χ4n) is 2.58. The molecule has 1 amide bonds. The molecule has 2 aromatic rings. The molecule has 1 atom stereocenters. The van der Waals surface area contributed by atoms with E-state index >= 15 is 0 Å². The minimum atomic E-state index is -0.286. The Hall–Kier alpha value is -2.22. The molecule has 0 aromatic carbocycles. The Balaban J connectivity index is 1.75. The summed E-state index contributed by atoms with van der Waals surface area (Å²) < 4.78 is 7.37. The molecule has 22 heavy (non-hydrogen) atoms. The third-order valence-electron chi connectivity index (χ3n) is 3.77. The normalized spacial score (nSPS) is 18.7. The number of H-pyrrole nitrogens is 1. The first-order chi connectivity index (χ1) is 10.6. The van der Waals surface area contributed by atoms with Gasteiger partial charge < -0.3 is 9.64 Å². The van der Waals surface area contributed by atoms with E-state index in [9.17, 15) is 4.79 Å². The summed E-state index contributed by atoms with van der Waals surface area (Å²) in [7, 11) is 1.81. The van der Waals surface area contributed by atoms with E-state index in [1.165, 1.54) is 0 Å². The van der Waals surface area contributed by atoms with Gasteiger partial charge in [-0.2, -0.15) is 10.2 Å². The van der Waals surface area contributed by atoms with Crippen LogP contribution in [0.1, 0.15) is 40.7 Å². The van der Waals surface area contributed by atoms with Gasteiger partial charge in [-0.3, -0.25) is 14.6 Å². The molecule has 8 nitrogen and oxygen atoms in total. The monoisotopic (exact) mass is 304 g/mol. The number of amides is 1. The lowest BCUT2D eigenvalue weighted by Crippen LogP contribution is -2.42. The Morgan fingerprint density at radius 3 is 3.00 bits per heavy atom. The van der Waals surface area contributed by atoms with Crippen molar-refractivity contribution in [2.45, 2.75) is 26.4 Å². The van der Waals surface area contributed by atoms with Crippen molar-refractivity contribution in [2.24, 2.45) is 7.05 Å². The molecule has 0 bridgehead atoms. The van der Waals surface area contributed by atoms with Crippen LogP contribution < -0.4 is 0 Å². The highest BCUT2D eigenvalue weighted by molar-refractivity contribution is 5.95. The zero-order valence-electron chi connectivity index (χ0n) is 13.0. The standard InChI is InChI=1S/C14H20N6O2/c1-4-12-15-13(17-16-12)11-8-20(5-6-22-11)14(21)10-7-19(3)18-9(10)2/h7,11H,4-6,8H2,1-3H3,(H,15,16,17)/t11-/m0/s1. The van der Waals surface area contributed by atoms with Crippen LogP contribution >= 0.6 is 0 Å². The van der Waals surface area contributed by atoms with E-state index in [-0.39, 0.29) is 12.0 Å². The summed E-state index contributed by atoms with van der Waals surface area (Å²) in [5.74, 6) is 1.41. The average Bonchev–Trinajstić information content (AvgIpc) is 3.13. The van der Waals surface area contributed by atoms with Crippen LogP contribution in [-0.2, 0) is 18.2 Å². The number of aryl methyl sites for hydroxylation is 3. The number of rotatable bonds is 3. The van der Waals surface area contributed by atoms with Gasteiger partial charge in [-0.15, -0.1) is 0 Å². The van der Waals surface area contributed by atoms with Crippen LogP contribution in [0, 0.1) is 6.92 Å². The largest absolute Gasteiger partial charge is 0.366 e. The van der Waals surface area contributed by atoms with Crippen LogP contribution in [0.25, 0.3) is 0 Å². The topological polar surface area (TPSA) is 88.9 Å². The van der Waals surface area contributed by atoms with E-state index in [0.29, 0.717) is 31.1 Å². The summed E-state index contributed by atoms with van der Waals surface area (Å²) in [5, 5.41) is 11.3. The van der Waals surface area contributed by atoms with Gasteiger partial charge in [-0.1, -0.05) is 6.92 Å². The summed E-state index contributed by atoms with van der Waals surface area (Å²) >= 11 is 0. The molecule has 0 spiro atoms. The van der Waals surface area contributed by atoms with Gasteiger partial charge >= 0.3 is 0 Å². The summed E-state index contributed by atoms with van der Waals surface area (Å²) in [6.07, 6.45) is 2.26. The molecule has 3 rings (SSSR count). The number of carbonyl (C=O) groups is 1. The highest BCUT2D eigenvalue weighted by Crippen LogP contribution is 2.21. The third-order valence-corrected chi connectivity index (χ3v) is 3.77. The first-order valence-electron chi connectivity index (χ1n) is 7.40. The Morgan fingerprint density at radius 1 is 1.55 bits per heavy atom. The molecule has 0 unspecified atom stereocenters. The second kappa shape index (κ2) is 5.88. The molecule has 118 valence electrons. The van der Waals surface area contributed by atoms with Crippen molar-refractivity contribution in [3.63, 3.8) is 0 Å². The Kier molecular flexibility index (Phi) is 3.93. The molecule has 8 heteroatoms. The highest BCUT2D eigenvalue weighted by atomic mass is 16.5. The first kappa shape index (κ1) is 14.7. The molecule has 2 aromatic heterocycles. The predicted octanol–water partition coefficient (Wildman–Crippen LogP) is 0.623. The van der Waals surface area contributed by atoms with Crippen molar-refractivity contribution < 1.29 is 9.53 Å². The fourth-order valence-corrected chi connectivity index (χ4v) is 2.58. The van der Waals surface area contributed by atoms with Crippen molar-refractivity contribution in [2.75, 3.05) is 19.7 Å². The lowest BCUT2D eigenvalue weighted by Gasteiger charge is -2.31. The van der Waals surface area contributed by atoms with E-state index < -0.39 is 0 Å². The van der Waals surface area contributed by atoms with Crippen molar-refractivity contribution in [1.82, 2.24) is 29.9 Å². The summed E-state index contributed by atoms with van der Waals surface area (Å²) in [6.45, 7) is 5.34. The van der Waals surface area contributed by atoms with E-state index in [2.05, 4.69) is 20.3 Å². The Morgan fingerprint density at radius 2 is 2.36 bits per heavy atom. The molecule has 3 heterocycles. The fraction of sp³-hybridized carbons (Fsp3) is 0.571. The Labute approximate surface area is 128 Å². The number of nitrogens with zero attached hydrogens (tertiary/aromatic N) is 5. The number of nitrogens with one attached hydrogen (secondary N) is 1. The van der Waals surface area contributed by atoms with Gasteiger partial charge in [0.25, 0.3) is 5.91 Å². The number of ether oxygens (including phenoxy) is 1. The summed E-state index contributed by atoms with van der Waals surface area (Å²) in [5.41, 5.74) is 1.37. The minimum Gasteiger partial charge on any atom is -0.366 e. The molecule has 1 N–H and O–H groups in total. The SMILES string of the molecule is CCc1nc([C@@H]2CN(C(=O)c3cn(C)nc3C)CCO2)n[nH]1. The van der Waals surface area contributed by atoms with Crippen LogP contribution in [0.4, 0.5) is 0 Å². The number of morpholine rings is 1. The molecular weight excluding hydrogens is 284 g/mol. The molecule has 1 aliphatic heterocycles. The second-order valence-corrected chi connectivity index (χ2v) is 5.41. The lowest BCUT2D eigenvalue weighted by molar-refractivity contribution is -0.0267. The molecule has 1 aliphatic rings. The average molecular weight is 304 g/mol. The lowest BCUT2D eigenvalue weighted by atomic mass is 10.2. The molecule has 1 fully saturated rings. The van der Waals surface area contributed by atoms with Crippen molar-refractivity contribution in [1.29, 1.82) is 0 Å². The third kappa shape index (κ3) is 2.74. The number of hydrogen-bond donors (Lipinski definition) is 1. The maximum Gasteiger partial charge on any atom is 0.257 e. The summed E-state index contributed by atoms with van der Waals surface area (Å²) in [4.78, 5) is 18.8. The van der Waals surface area contributed by atoms with Gasteiger partial charge in [0.15, 0.2) is 5.82 Å². The van der Waals surface area contributed by atoms with Crippen LogP contribution in [0.5, 0.6) is 0 Å². The van der Waals surface area contributed by atoms with Crippen molar-refractivity contribution >= 4 is 5.91 Å². The first-order valence-corrected chi connectivity index (χ1v) is 7.40. The zero-order chi connectivity index (χ0) is 15.7. The predicted molar refractivity (Wildman–Crippen MR) is 78.3 cm³/mol. The minimum absolute atomic E-state index is 0.0230. The van der Waals surface area contributed by atoms with Gasteiger partial charge in [0.1, 0.15) is 11.9 Å². The quantitative estimate of drug-likeness (QED) is 0.898. The second-order valence-electron chi connectivity index (χ2n) is 5.41. The maximum atomic E-state index is 12.6. The van der Waals surface area contributed by atoms with Crippen LogP contribution in [0.3, 0.4) is 0 Å². The van der Waals surface area contributed by atoms with Gasteiger partial charge in [-0.25, -0.2) is 4.98 Å². The molecule has 0 aliphatic carbocycles. The van der Waals surface area contributed by atoms with Crippen LogP contribution in [-0.4, -0.2) is 55.5 Å². The van der Waals surface area contributed by atoms with E-state index in [0.717, 1.165) is 17.9 Å². The smallest absolute Gasteiger partial charge is 0.257 e. The number of carbonyl (C=O) groups excluding carboxylic acids is 1. The van der Waals surface area contributed by atoms with E-state index in [1.54, 1.807) is 15.8 Å². The molecule has 1 saturated heterocycles. The van der Waals surface area contributed by atoms with Crippen LogP contribution in [0.2, 0.25) is 0 Å². The number of aromatic nitrogens is 5. The number of hydrogen-bond acceptors (Lipinski definition) is 5.